The number of hydrazone groups is 1. The highest BCUT2D eigenvalue weighted by Gasteiger charge is 2.25. The van der Waals surface area contributed by atoms with Crippen LogP contribution in [0.25, 0.3) is 0 Å². The SMILES string of the molecule is NNN=CCN1CCN(C(=O)[C@H](N)c2ccc(O)cc2)CC1. The lowest BCUT2D eigenvalue weighted by Crippen LogP contribution is -2.51. The Hall–Kier alpha value is -2.16. The molecule has 1 aromatic rings. The van der Waals surface area contributed by atoms with Gasteiger partial charge in [0, 0.05) is 38.9 Å². The number of phenolic OH excluding ortho intramolecular Hbond substituents is 1. The third-order valence-corrected chi connectivity index (χ3v) is 3.71. The molecule has 0 aromatic heterocycles. The molecule has 1 saturated heterocycles. The maximum absolute atomic E-state index is 12.4. The summed E-state index contributed by atoms with van der Waals surface area (Å²) in [6.07, 6.45) is 1.69. The summed E-state index contributed by atoms with van der Waals surface area (Å²) in [6, 6.07) is 5.71. The van der Waals surface area contributed by atoms with E-state index in [0.29, 0.717) is 25.2 Å². The van der Waals surface area contributed by atoms with Gasteiger partial charge in [0.05, 0.1) is 0 Å². The van der Waals surface area contributed by atoms with E-state index in [1.807, 2.05) is 0 Å². The average Bonchev–Trinajstić information content (AvgIpc) is 2.55. The first-order chi connectivity index (χ1) is 10.6. The molecule has 0 radical (unpaired) electrons. The van der Waals surface area contributed by atoms with Gasteiger partial charge in [0.2, 0.25) is 5.91 Å². The molecule has 8 nitrogen and oxygen atoms in total. The molecular weight excluding hydrogens is 284 g/mol. The fraction of sp³-hybridized carbons (Fsp3) is 0.429. The monoisotopic (exact) mass is 306 g/mol. The summed E-state index contributed by atoms with van der Waals surface area (Å²) in [5.74, 6) is 5.12. The van der Waals surface area contributed by atoms with E-state index in [1.54, 1.807) is 23.2 Å². The summed E-state index contributed by atoms with van der Waals surface area (Å²) in [4.78, 5) is 16.4. The fourth-order valence-electron chi connectivity index (χ4n) is 2.38. The van der Waals surface area contributed by atoms with Crippen LogP contribution < -0.4 is 17.1 Å². The molecule has 8 heteroatoms. The van der Waals surface area contributed by atoms with Crippen LogP contribution in [0, 0.1) is 0 Å². The number of nitrogens with two attached hydrogens (primary N) is 2. The number of carbonyl (C=O) groups excluding carboxylic acids is 1. The highest BCUT2D eigenvalue weighted by atomic mass is 16.3. The molecule has 1 fully saturated rings. The van der Waals surface area contributed by atoms with Gasteiger partial charge in [-0.05, 0) is 17.7 Å². The van der Waals surface area contributed by atoms with Crippen LogP contribution in [0.4, 0.5) is 0 Å². The van der Waals surface area contributed by atoms with Crippen molar-refractivity contribution in [3.8, 4) is 5.75 Å². The predicted molar refractivity (Wildman–Crippen MR) is 83.9 cm³/mol. The van der Waals surface area contributed by atoms with Gasteiger partial charge in [0.25, 0.3) is 0 Å². The number of nitrogens with zero attached hydrogens (tertiary/aromatic N) is 3. The second kappa shape index (κ2) is 7.74. The summed E-state index contributed by atoms with van der Waals surface area (Å²) in [5, 5.41) is 13.0. The van der Waals surface area contributed by atoms with Crippen molar-refractivity contribution >= 4 is 12.1 Å². The Kier molecular flexibility index (Phi) is 5.70. The van der Waals surface area contributed by atoms with E-state index in [9.17, 15) is 9.90 Å². The van der Waals surface area contributed by atoms with E-state index in [2.05, 4.69) is 15.5 Å². The zero-order valence-corrected chi connectivity index (χ0v) is 12.4. The molecule has 22 heavy (non-hydrogen) atoms. The molecule has 1 amide bonds. The molecule has 1 aliphatic heterocycles. The number of hydrogen-bond donors (Lipinski definition) is 4. The lowest BCUT2D eigenvalue weighted by Gasteiger charge is -2.35. The van der Waals surface area contributed by atoms with Crippen molar-refractivity contribution in [2.24, 2.45) is 16.7 Å². The number of carbonyl (C=O) groups is 1. The molecule has 1 aromatic carbocycles. The van der Waals surface area contributed by atoms with Crippen LogP contribution in [-0.2, 0) is 4.79 Å². The minimum atomic E-state index is -0.699. The standard InChI is InChI=1S/C14H22N6O2/c15-13(11-1-3-12(21)4-2-11)14(22)20-9-7-19(8-10-20)6-5-17-18-16/h1-5,13,18,21H,6-10,15-16H2/t13-/m1/s1. The number of hydrogen-bond acceptors (Lipinski definition) is 7. The van der Waals surface area contributed by atoms with Crippen LogP contribution in [0.5, 0.6) is 5.75 Å². The molecule has 1 aliphatic rings. The Morgan fingerprint density at radius 2 is 1.95 bits per heavy atom. The van der Waals surface area contributed by atoms with Crippen molar-refractivity contribution in [2.45, 2.75) is 6.04 Å². The smallest absolute Gasteiger partial charge is 0.244 e. The van der Waals surface area contributed by atoms with Crippen LogP contribution in [0.2, 0.25) is 0 Å². The zero-order chi connectivity index (χ0) is 15.9. The number of hydrazine groups is 1. The van der Waals surface area contributed by atoms with Gasteiger partial charge in [0.15, 0.2) is 0 Å². The second-order valence-electron chi connectivity index (χ2n) is 5.14. The number of rotatable bonds is 5. The molecule has 0 spiro atoms. The number of nitrogens with one attached hydrogen (secondary N) is 1. The molecular formula is C14H22N6O2. The molecule has 0 saturated carbocycles. The van der Waals surface area contributed by atoms with E-state index in [1.165, 1.54) is 12.1 Å². The Labute approximate surface area is 129 Å². The van der Waals surface area contributed by atoms with Crippen molar-refractivity contribution in [1.82, 2.24) is 15.3 Å². The first-order valence-electron chi connectivity index (χ1n) is 7.14. The highest BCUT2D eigenvalue weighted by molar-refractivity contribution is 5.83. The predicted octanol–water partition coefficient (Wildman–Crippen LogP) is -1.01. The Morgan fingerprint density at radius 3 is 2.55 bits per heavy atom. The van der Waals surface area contributed by atoms with Gasteiger partial charge in [-0.3, -0.25) is 9.69 Å². The topological polar surface area (TPSA) is 120 Å². The van der Waals surface area contributed by atoms with Crippen molar-refractivity contribution in [2.75, 3.05) is 32.7 Å². The number of aromatic hydroxyl groups is 1. The molecule has 0 bridgehead atoms. The van der Waals surface area contributed by atoms with E-state index in [0.717, 1.165) is 13.1 Å². The van der Waals surface area contributed by atoms with Crippen molar-refractivity contribution in [3.63, 3.8) is 0 Å². The van der Waals surface area contributed by atoms with Gasteiger partial charge in [-0.25, -0.2) is 11.4 Å². The fourth-order valence-corrected chi connectivity index (χ4v) is 2.38. The van der Waals surface area contributed by atoms with Crippen molar-refractivity contribution in [3.05, 3.63) is 29.8 Å². The minimum absolute atomic E-state index is 0.0948. The normalized spacial score (nSPS) is 17.6. The van der Waals surface area contributed by atoms with Crippen LogP contribution in [0.3, 0.4) is 0 Å². The number of benzene rings is 1. The zero-order valence-electron chi connectivity index (χ0n) is 12.4. The summed E-state index contributed by atoms with van der Waals surface area (Å²) in [5.41, 5.74) is 8.94. The third-order valence-electron chi connectivity index (χ3n) is 3.71. The van der Waals surface area contributed by atoms with Crippen LogP contribution in [0.1, 0.15) is 11.6 Å². The van der Waals surface area contributed by atoms with Crippen LogP contribution >= 0.6 is 0 Å². The van der Waals surface area contributed by atoms with Gasteiger partial charge >= 0.3 is 0 Å². The van der Waals surface area contributed by atoms with E-state index < -0.39 is 6.04 Å². The van der Waals surface area contributed by atoms with Crippen LogP contribution in [-0.4, -0.2) is 59.8 Å². The molecule has 120 valence electrons. The molecule has 1 atom stereocenters. The summed E-state index contributed by atoms with van der Waals surface area (Å²) in [6.45, 7) is 3.49. The minimum Gasteiger partial charge on any atom is -0.508 e. The van der Waals surface area contributed by atoms with E-state index in [-0.39, 0.29) is 11.7 Å². The first kappa shape index (κ1) is 16.2. The summed E-state index contributed by atoms with van der Waals surface area (Å²) < 4.78 is 0. The maximum atomic E-state index is 12.4. The van der Waals surface area contributed by atoms with Gasteiger partial charge in [-0.15, -0.1) is 0 Å². The van der Waals surface area contributed by atoms with Gasteiger partial charge in [-0.1, -0.05) is 12.1 Å². The Morgan fingerprint density at radius 1 is 1.32 bits per heavy atom. The highest BCUT2D eigenvalue weighted by Crippen LogP contribution is 2.17. The van der Waals surface area contributed by atoms with E-state index in [4.69, 9.17) is 11.6 Å². The third kappa shape index (κ3) is 4.17. The molecule has 0 unspecified atom stereocenters. The van der Waals surface area contributed by atoms with Gasteiger partial charge < -0.3 is 15.7 Å². The lowest BCUT2D eigenvalue weighted by atomic mass is 10.1. The van der Waals surface area contributed by atoms with Crippen molar-refractivity contribution in [1.29, 1.82) is 0 Å². The van der Waals surface area contributed by atoms with Crippen molar-refractivity contribution < 1.29 is 9.90 Å². The first-order valence-corrected chi connectivity index (χ1v) is 7.14. The maximum Gasteiger partial charge on any atom is 0.244 e. The average molecular weight is 306 g/mol. The molecule has 6 N–H and O–H groups in total. The molecule has 0 aliphatic carbocycles. The molecule has 2 rings (SSSR count). The van der Waals surface area contributed by atoms with Crippen LogP contribution in [0.15, 0.2) is 29.4 Å². The largest absolute Gasteiger partial charge is 0.508 e. The summed E-state index contributed by atoms with van der Waals surface area (Å²) >= 11 is 0. The number of piperazine rings is 1. The lowest BCUT2D eigenvalue weighted by molar-refractivity contribution is -0.134. The Bertz CT molecular complexity index is 511. The van der Waals surface area contributed by atoms with E-state index >= 15 is 0 Å². The quantitative estimate of drug-likeness (QED) is 0.314. The molecule has 1 heterocycles. The van der Waals surface area contributed by atoms with Gasteiger partial charge in [-0.2, -0.15) is 5.10 Å². The number of amides is 1. The second-order valence-corrected chi connectivity index (χ2v) is 5.14. The van der Waals surface area contributed by atoms with Gasteiger partial charge in [0.1, 0.15) is 11.8 Å². The Balaban J connectivity index is 1.86. The summed E-state index contributed by atoms with van der Waals surface area (Å²) in [7, 11) is 0. The number of phenols is 1.